The zero-order valence-corrected chi connectivity index (χ0v) is 16.9. The maximum absolute atomic E-state index is 14.1. The lowest BCUT2D eigenvalue weighted by Crippen LogP contribution is -2.36. The van der Waals surface area contributed by atoms with Crippen molar-refractivity contribution >= 4 is 29.1 Å². The van der Waals surface area contributed by atoms with E-state index < -0.39 is 29.4 Å². The largest absolute Gasteiger partial charge is 0.339 e. The van der Waals surface area contributed by atoms with Crippen LogP contribution in [0.4, 0.5) is 20.2 Å². The maximum Gasteiger partial charge on any atom is 0.255 e. The first-order chi connectivity index (χ1) is 14.9. The molecule has 6 nitrogen and oxygen atoms in total. The van der Waals surface area contributed by atoms with Gasteiger partial charge in [-0.05, 0) is 43.5 Å². The summed E-state index contributed by atoms with van der Waals surface area (Å²) in [5.41, 5.74) is 0.743. The monoisotopic (exact) mass is 427 g/mol. The molecule has 8 heteroatoms. The number of piperidine rings is 1. The molecule has 0 saturated carbocycles. The molecule has 0 bridgehead atoms. The fourth-order valence-corrected chi connectivity index (χ4v) is 4.10. The van der Waals surface area contributed by atoms with Gasteiger partial charge in [0.15, 0.2) is 0 Å². The number of amides is 3. The number of benzene rings is 2. The van der Waals surface area contributed by atoms with E-state index in [-0.39, 0.29) is 24.6 Å². The van der Waals surface area contributed by atoms with E-state index in [9.17, 15) is 23.2 Å². The molecule has 1 N–H and O–H groups in total. The molecule has 2 fully saturated rings. The fourth-order valence-electron chi connectivity index (χ4n) is 4.10. The number of likely N-dealkylation sites (tertiary alicyclic amines) is 1. The van der Waals surface area contributed by atoms with Crippen LogP contribution in [0.25, 0.3) is 0 Å². The molecule has 1 atom stereocenters. The molecule has 162 valence electrons. The molecule has 2 aromatic rings. The first kappa shape index (κ1) is 21.0. The van der Waals surface area contributed by atoms with Crippen molar-refractivity contribution in [2.75, 3.05) is 29.9 Å². The van der Waals surface area contributed by atoms with Gasteiger partial charge in [0, 0.05) is 32.1 Å². The molecule has 2 aliphatic heterocycles. The minimum atomic E-state index is -0.855. The topological polar surface area (TPSA) is 69.7 Å². The van der Waals surface area contributed by atoms with E-state index in [2.05, 4.69) is 5.32 Å². The van der Waals surface area contributed by atoms with Gasteiger partial charge in [-0.2, -0.15) is 0 Å². The highest BCUT2D eigenvalue weighted by molar-refractivity contribution is 6.07. The van der Waals surface area contributed by atoms with Crippen molar-refractivity contribution in [1.82, 2.24) is 4.90 Å². The second-order valence-corrected chi connectivity index (χ2v) is 7.89. The SMILES string of the molecule is O=C(Nc1ccccc1C(=O)N1CCCCC1)C1CC(=O)N(c2ccc(F)cc2F)C1. The zero-order valence-electron chi connectivity index (χ0n) is 16.9. The predicted molar refractivity (Wildman–Crippen MR) is 112 cm³/mol. The number of para-hydroxylation sites is 1. The van der Waals surface area contributed by atoms with Crippen LogP contribution in [-0.4, -0.2) is 42.3 Å². The Morgan fingerprint density at radius 2 is 1.74 bits per heavy atom. The van der Waals surface area contributed by atoms with E-state index >= 15 is 0 Å². The van der Waals surface area contributed by atoms with E-state index in [1.165, 1.54) is 6.07 Å². The van der Waals surface area contributed by atoms with E-state index in [0.717, 1.165) is 30.2 Å². The minimum absolute atomic E-state index is 0.0184. The van der Waals surface area contributed by atoms with E-state index in [1.807, 2.05) is 0 Å². The second kappa shape index (κ2) is 8.83. The molecule has 2 aliphatic rings. The zero-order chi connectivity index (χ0) is 22.0. The Hall–Kier alpha value is -3.29. The van der Waals surface area contributed by atoms with Crippen LogP contribution in [0.3, 0.4) is 0 Å². The third-order valence-electron chi connectivity index (χ3n) is 5.75. The molecule has 0 radical (unpaired) electrons. The van der Waals surface area contributed by atoms with Gasteiger partial charge in [-0.1, -0.05) is 12.1 Å². The Morgan fingerprint density at radius 3 is 2.48 bits per heavy atom. The smallest absolute Gasteiger partial charge is 0.255 e. The highest BCUT2D eigenvalue weighted by Gasteiger charge is 2.36. The normalized spacial score (nSPS) is 18.9. The van der Waals surface area contributed by atoms with Crippen molar-refractivity contribution < 1.29 is 23.2 Å². The minimum Gasteiger partial charge on any atom is -0.339 e. The quantitative estimate of drug-likeness (QED) is 0.811. The van der Waals surface area contributed by atoms with Crippen molar-refractivity contribution in [2.45, 2.75) is 25.7 Å². The summed E-state index contributed by atoms with van der Waals surface area (Å²) in [5.74, 6) is -3.27. The lowest BCUT2D eigenvalue weighted by Gasteiger charge is -2.27. The van der Waals surface area contributed by atoms with Crippen LogP contribution in [0.1, 0.15) is 36.0 Å². The number of carbonyl (C=O) groups excluding carboxylic acids is 3. The molecule has 4 rings (SSSR count). The van der Waals surface area contributed by atoms with E-state index in [1.54, 1.807) is 29.2 Å². The Balaban J connectivity index is 1.48. The molecule has 31 heavy (non-hydrogen) atoms. The molecule has 3 amide bonds. The number of carbonyl (C=O) groups is 3. The van der Waals surface area contributed by atoms with E-state index in [0.29, 0.717) is 30.4 Å². The van der Waals surface area contributed by atoms with Crippen molar-refractivity contribution in [3.8, 4) is 0 Å². The van der Waals surface area contributed by atoms with Crippen LogP contribution < -0.4 is 10.2 Å². The summed E-state index contributed by atoms with van der Waals surface area (Å²) in [6.07, 6.45) is 2.92. The van der Waals surface area contributed by atoms with Crippen molar-refractivity contribution in [2.24, 2.45) is 5.92 Å². The van der Waals surface area contributed by atoms with Gasteiger partial charge < -0.3 is 15.1 Å². The third kappa shape index (κ3) is 4.42. The number of nitrogens with zero attached hydrogens (tertiary/aromatic N) is 2. The van der Waals surface area contributed by atoms with E-state index in [4.69, 9.17) is 0 Å². The molecular weight excluding hydrogens is 404 g/mol. The fraction of sp³-hybridized carbons (Fsp3) is 0.348. The third-order valence-corrected chi connectivity index (χ3v) is 5.75. The van der Waals surface area contributed by atoms with Crippen LogP contribution in [0.5, 0.6) is 0 Å². The van der Waals surface area contributed by atoms with Gasteiger partial charge in [0.2, 0.25) is 11.8 Å². The number of anilines is 2. The summed E-state index contributed by atoms with van der Waals surface area (Å²) in [4.78, 5) is 41.1. The predicted octanol–water partition coefficient (Wildman–Crippen LogP) is 3.58. The Kier molecular flexibility index (Phi) is 5.97. The summed E-state index contributed by atoms with van der Waals surface area (Å²) < 4.78 is 27.3. The van der Waals surface area contributed by atoms with Gasteiger partial charge >= 0.3 is 0 Å². The van der Waals surface area contributed by atoms with Gasteiger partial charge in [-0.15, -0.1) is 0 Å². The molecule has 0 spiro atoms. The number of hydrogen-bond donors (Lipinski definition) is 1. The molecular formula is C23H23F2N3O3. The van der Waals surface area contributed by atoms with Gasteiger partial charge in [0.25, 0.3) is 5.91 Å². The maximum atomic E-state index is 14.1. The Bertz CT molecular complexity index is 1020. The summed E-state index contributed by atoms with van der Waals surface area (Å²) in [7, 11) is 0. The van der Waals surface area contributed by atoms with Crippen LogP contribution in [-0.2, 0) is 9.59 Å². The Labute approximate surface area is 178 Å². The lowest BCUT2D eigenvalue weighted by molar-refractivity contribution is -0.122. The highest BCUT2D eigenvalue weighted by Crippen LogP contribution is 2.29. The Morgan fingerprint density at radius 1 is 1.00 bits per heavy atom. The first-order valence-corrected chi connectivity index (χ1v) is 10.4. The summed E-state index contributed by atoms with van der Waals surface area (Å²) in [5, 5.41) is 2.77. The van der Waals surface area contributed by atoms with Crippen LogP contribution in [0, 0.1) is 17.6 Å². The van der Waals surface area contributed by atoms with Crippen LogP contribution in [0.15, 0.2) is 42.5 Å². The molecule has 1 unspecified atom stereocenters. The molecule has 0 aliphatic carbocycles. The molecule has 2 saturated heterocycles. The van der Waals surface area contributed by atoms with Gasteiger partial charge in [-0.3, -0.25) is 14.4 Å². The summed E-state index contributed by atoms with van der Waals surface area (Å²) in [6.45, 7) is 1.36. The number of nitrogens with one attached hydrogen (secondary N) is 1. The second-order valence-electron chi connectivity index (χ2n) is 7.89. The lowest BCUT2D eigenvalue weighted by atomic mass is 10.1. The molecule has 2 heterocycles. The standard InChI is InChI=1S/C23H23F2N3O3/c24-16-8-9-20(18(25)13-16)28-14-15(12-21(28)29)22(30)26-19-7-3-2-6-17(19)23(31)27-10-4-1-5-11-27/h2-3,6-9,13,15H,1,4-5,10-12,14H2,(H,26,30). The average molecular weight is 427 g/mol. The highest BCUT2D eigenvalue weighted by atomic mass is 19.1. The number of rotatable bonds is 4. The molecule has 0 aromatic heterocycles. The first-order valence-electron chi connectivity index (χ1n) is 10.4. The van der Waals surface area contributed by atoms with Crippen LogP contribution in [0.2, 0.25) is 0 Å². The van der Waals surface area contributed by atoms with Crippen molar-refractivity contribution in [3.05, 3.63) is 59.7 Å². The van der Waals surface area contributed by atoms with Gasteiger partial charge in [0.05, 0.1) is 22.9 Å². The van der Waals surface area contributed by atoms with Crippen LogP contribution >= 0.6 is 0 Å². The summed E-state index contributed by atoms with van der Waals surface area (Å²) >= 11 is 0. The number of halogens is 2. The van der Waals surface area contributed by atoms with Gasteiger partial charge in [-0.25, -0.2) is 8.78 Å². The average Bonchev–Trinajstić information content (AvgIpc) is 3.16. The van der Waals surface area contributed by atoms with Gasteiger partial charge in [0.1, 0.15) is 11.6 Å². The number of hydrogen-bond acceptors (Lipinski definition) is 3. The van der Waals surface area contributed by atoms with Crippen molar-refractivity contribution in [3.63, 3.8) is 0 Å². The summed E-state index contributed by atoms with van der Waals surface area (Å²) in [6, 6.07) is 9.76. The van der Waals surface area contributed by atoms with Crippen molar-refractivity contribution in [1.29, 1.82) is 0 Å². The molecule has 2 aromatic carbocycles.